The maximum absolute atomic E-state index is 13.8. The third-order valence-corrected chi connectivity index (χ3v) is 4.48. The zero-order valence-electron chi connectivity index (χ0n) is 10.8. The van der Waals surface area contributed by atoms with Crippen molar-refractivity contribution in [2.45, 2.75) is 65.5 Å². The molecule has 2 aliphatic carbocycles. The summed E-state index contributed by atoms with van der Waals surface area (Å²) in [5, 5.41) is 0. The largest absolute Gasteiger partial charge is 0.242 e. The number of allylic oxidation sites excluding steroid dienone is 4. The molecule has 0 aliphatic heterocycles. The van der Waals surface area contributed by atoms with Crippen LogP contribution in [-0.4, -0.2) is 6.17 Å². The lowest BCUT2D eigenvalue weighted by Crippen LogP contribution is -2.27. The molecule has 0 N–H and O–H groups in total. The lowest BCUT2D eigenvalue weighted by molar-refractivity contribution is 0.241. The summed E-state index contributed by atoms with van der Waals surface area (Å²) >= 11 is 0. The first-order valence-corrected chi connectivity index (χ1v) is 6.55. The van der Waals surface area contributed by atoms with Crippen LogP contribution in [0.5, 0.6) is 0 Å². The minimum atomic E-state index is -0.738. The van der Waals surface area contributed by atoms with Gasteiger partial charge in [0.2, 0.25) is 0 Å². The van der Waals surface area contributed by atoms with E-state index in [1.54, 1.807) is 0 Å². The van der Waals surface area contributed by atoms with Crippen LogP contribution < -0.4 is 0 Å². The minimum Gasteiger partial charge on any atom is -0.242 e. The molecule has 1 heteroatoms. The van der Waals surface area contributed by atoms with Crippen LogP contribution in [0.25, 0.3) is 0 Å². The first kappa shape index (κ1) is 11.9. The third kappa shape index (κ3) is 2.09. The summed E-state index contributed by atoms with van der Waals surface area (Å²) in [6.07, 6.45) is 8.44. The Hall–Kier alpha value is -0.590. The van der Waals surface area contributed by atoms with Crippen molar-refractivity contribution in [3.05, 3.63) is 22.8 Å². The molecule has 0 radical (unpaired) electrons. The highest BCUT2D eigenvalue weighted by Crippen LogP contribution is 2.47. The molecule has 0 aromatic carbocycles. The van der Waals surface area contributed by atoms with E-state index in [2.05, 4.69) is 19.9 Å². The molecular weight excluding hydrogens is 199 g/mol. The van der Waals surface area contributed by atoms with Crippen LogP contribution in [-0.2, 0) is 0 Å². The molecule has 1 fully saturated rings. The standard InChI is InChI=1S/C15H23F/c1-11-9-12(2)14(16)10-13(11)15(3)7-5-4-6-8-15/h9,14H,4-8,10H2,1-3H3. The molecule has 2 aliphatic rings. The van der Waals surface area contributed by atoms with Gasteiger partial charge in [0.1, 0.15) is 6.17 Å². The summed E-state index contributed by atoms with van der Waals surface area (Å²) in [5.74, 6) is 0. The quantitative estimate of drug-likeness (QED) is 0.588. The average Bonchev–Trinajstić information content (AvgIpc) is 2.24. The van der Waals surface area contributed by atoms with Crippen molar-refractivity contribution in [2.24, 2.45) is 5.41 Å². The van der Waals surface area contributed by atoms with Crippen LogP contribution >= 0.6 is 0 Å². The van der Waals surface area contributed by atoms with Crippen LogP contribution in [0.3, 0.4) is 0 Å². The molecule has 0 bridgehead atoms. The van der Waals surface area contributed by atoms with E-state index in [9.17, 15) is 4.39 Å². The molecule has 0 spiro atoms. The van der Waals surface area contributed by atoms with Crippen molar-refractivity contribution in [1.29, 1.82) is 0 Å². The van der Waals surface area contributed by atoms with Crippen LogP contribution in [0.4, 0.5) is 4.39 Å². The van der Waals surface area contributed by atoms with Gasteiger partial charge in [-0.3, -0.25) is 0 Å². The maximum atomic E-state index is 13.8. The highest BCUT2D eigenvalue weighted by atomic mass is 19.1. The summed E-state index contributed by atoms with van der Waals surface area (Å²) in [7, 11) is 0. The van der Waals surface area contributed by atoms with E-state index in [0.717, 1.165) is 5.57 Å². The van der Waals surface area contributed by atoms with E-state index in [-0.39, 0.29) is 5.41 Å². The SMILES string of the molecule is CC1=CC(C)=C(C2(C)CCCCC2)CC1F. The van der Waals surface area contributed by atoms with E-state index in [1.807, 2.05) is 6.92 Å². The number of halogens is 1. The van der Waals surface area contributed by atoms with Crippen LogP contribution in [0.2, 0.25) is 0 Å². The molecule has 0 amide bonds. The molecule has 0 nitrogen and oxygen atoms in total. The van der Waals surface area contributed by atoms with Gasteiger partial charge >= 0.3 is 0 Å². The van der Waals surface area contributed by atoms with E-state index < -0.39 is 6.17 Å². The Morgan fingerprint density at radius 1 is 1.19 bits per heavy atom. The normalized spacial score (nSPS) is 30.2. The van der Waals surface area contributed by atoms with Gasteiger partial charge in [-0.2, -0.15) is 0 Å². The van der Waals surface area contributed by atoms with Gasteiger partial charge < -0.3 is 0 Å². The summed E-state index contributed by atoms with van der Waals surface area (Å²) < 4.78 is 13.8. The van der Waals surface area contributed by atoms with Crippen LogP contribution in [0.1, 0.15) is 59.3 Å². The van der Waals surface area contributed by atoms with Gasteiger partial charge in [-0.05, 0) is 37.7 Å². The van der Waals surface area contributed by atoms with Gasteiger partial charge in [0.15, 0.2) is 0 Å². The summed E-state index contributed by atoms with van der Waals surface area (Å²) in [6, 6.07) is 0. The van der Waals surface area contributed by atoms with E-state index in [4.69, 9.17) is 0 Å². The topological polar surface area (TPSA) is 0 Å². The molecular formula is C15H23F. The Morgan fingerprint density at radius 3 is 2.44 bits per heavy atom. The fraction of sp³-hybridized carbons (Fsp3) is 0.733. The first-order valence-electron chi connectivity index (χ1n) is 6.55. The Kier molecular flexibility index (Phi) is 3.23. The molecule has 90 valence electrons. The molecule has 16 heavy (non-hydrogen) atoms. The maximum Gasteiger partial charge on any atom is 0.125 e. The number of hydrogen-bond acceptors (Lipinski definition) is 0. The van der Waals surface area contributed by atoms with E-state index >= 15 is 0 Å². The third-order valence-electron chi connectivity index (χ3n) is 4.48. The molecule has 0 saturated heterocycles. The highest BCUT2D eigenvalue weighted by Gasteiger charge is 2.34. The fourth-order valence-corrected chi connectivity index (χ4v) is 3.38. The second-order valence-corrected chi connectivity index (χ2v) is 5.84. The average molecular weight is 222 g/mol. The number of rotatable bonds is 1. The minimum absolute atomic E-state index is 0.282. The Balaban J connectivity index is 2.28. The molecule has 0 aromatic rings. The molecule has 0 aromatic heterocycles. The van der Waals surface area contributed by atoms with Gasteiger partial charge in [-0.25, -0.2) is 4.39 Å². The second-order valence-electron chi connectivity index (χ2n) is 5.84. The zero-order valence-corrected chi connectivity index (χ0v) is 10.8. The van der Waals surface area contributed by atoms with Gasteiger partial charge in [0.05, 0.1) is 0 Å². The van der Waals surface area contributed by atoms with Crippen molar-refractivity contribution >= 4 is 0 Å². The Bertz CT molecular complexity index is 329. The lowest BCUT2D eigenvalue weighted by atomic mass is 9.66. The zero-order chi connectivity index (χ0) is 11.8. The number of hydrogen-bond donors (Lipinski definition) is 0. The van der Waals surface area contributed by atoms with Gasteiger partial charge in [-0.15, -0.1) is 0 Å². The molecule has 1 atom stereocenters. The van der Waals surface area contributed by atoms with Crippen molar-refractivity contribution in [1.82, 2.24) is 0 Å². The van der Waals surface area contributed by atoms with Crippen molar-refractivity contribution in [2.75, 3.05) is 0 Å². The smallest absolute Gasteiger partial charge is 0.125 e. The molecule has 1 unspecified atom stereocenters. The Morgan fingerprint density at radius 2 is 1.81 bits per heavy atom. The predicted octanol–water partition coefficient (Wildman–Crippen LogP) is 4.96. The van der Waals surface area contributed by atoms with E-state index in [0.29, 0.717) is 6.42 Å². The predicted molar refractivity (Wildman–Crippen MR) is 67.2 cm³/mol. The van der Waals surface area contributed by atoms with Gasteiger partial charge in [-0.1, -0.05) is 43.4 Å². The second kappa shape index (κ2) is 4.35. The van der Waals surface area contributed by atoms with Crippen molar-refractivity contribution in [3.63, 3.8) is 0 Å². The summed E-state index contributed by atoms with van der Waals surface area (Å²) in [6.45, 7) is 6.41. The lowest BCUT2D eigenvalue weighted by Gasteiger charge is -2.39. The van der Waals surface area contributed by atoms with Gasteiger partial charge in [0.25, 0.3) is 0 Å². The van der Waals surface area contributed by atoms with Crippen molar-refractivity contribution < 1.29 is 4.39 Å². The van der Waals surface area contributed by atoms with Gasteiger partial charge in [0, 0.05) is 6.42 Å². The van der Waals surface area contributed by atoms with E-state index in [1.165, 1.54) is 43.3 Å². The summed E-state index contributed by atoms with van der Waals surface area (Å²) in [5.41, 5.74) is 3.91. The fourth-order valence-electron chi connectivity index (χ4n) is 3.38. The van der Waals surface area contributed by atoms with Crippen LogP contribution in [0, 0.1) is 5.41 Å². The van der Waals surface area contributed by atoms with Crippen molar-refractivity contribution in [3.8, 4) is 0 Å². The first-order chi connectivity index (χ1) is 7.53. The molecule has 0 heterocycles. The van der Waals surface area contributed by atoms with Crippen LogP contribution in [0.15, 0.2) is 22.8 Å². The number of alkyl halides is 1. The Labute approximate surface area is 98.6 Å². The molecule has 2 rings (SSSR count). The summed E-state index contributed by atoms with van der Waals surface area (Å²) in [4.78, 5) is 0. The highest BCUT2D eigenvalue weighted by molar-refractivity contribution is 5.37. The monoisotopic (exact) mass is 222 g/mol. The molecule has 1 saturated carbocycles.